The van der Waals surface area contributed by atoms with Crippen LogP contribution in [0.2, 0.25) is 0 Å². The summed E-state index contributed by atoms with van der Waals surface area (Å²) in [5.41, 5.74) is 6.48. The molecule has 25 heavy (non-hydrogen) atoms. The van der Waals surface area contributed by atoms with E-state index in [9.17, 15) is 34.9 Å². The van der Waals surface area contributed by atoms with Gasteiger partial charge in [0.15, 0.2) is 0 Å². The average Bonchev–Trinajstić information content (AvgIpc) is 2.78. The summed E-state index contributed by atoms with van der Waals surface area (Å²) < 4.78 is 101. The van der Waals surface area contributed by atoms with E-state index >= 15 is 0 Å². The summed E-state index contributed by atoms with van der Waals surface area (Å²) in [4.78, 5) is -0.367. The lowest BCUT2D eigenvalue weighted by atomic mass is 10.2. The highest BCUT2D eigenvalue weighted by Crippen LogP contribution is 2.32. The third kappa shape index (κ3) is 4.34. The Morgan fingerprint density at radius 1 is 1.20 bits per heavy atom. The van der Waals surface area contributed by atoms with E-state index in [0.717, 1.165) is 12.1 Å². The second kappa shape index (κ2) is 6.37. The minimum atomic E-state index is -4.87. The van der Waals surface area contributed by atoms with Crippen molar-refractivity contribution < 1.29 is 34.9 Å². The first kappa shape index (κ1) is 19.3. The molecule has 0 aliphatic carbocycles. The van der Waals surface area contributed by atoms with Crippen molar-refractivity contribution >= 4 is 16.5 Å². The van der Waals surface area contributed by atoms with Gasteiger partial charge in [-0.25, -0.2) is 14.4 Å². The van der Waals surface area contributed by atoms with Crippen molar-refractivity contribution in [1.29, 1.82) is 0 Å². The van der Waals surface area contributed by atoms with E-state index < -0.39 is 46.4 Å². The molecule has 1 unspecified atom stereocenters. The van der Waals surface area contributed by atoms with E-state index in [1.165, 1.54) is 6.92 Å². The van der Waals surface area contributed by atoms with E-state index in [0.29, 0.717) is 11.2 Å². The summed E-state index contributed by atoms with van der Waals surface area (Å²) in [5.74, 6) is -3.29. The standard InChI is InChI=1S/C12H11F7N4OS/c1-6-2-7(13)8(3-9(6)25(24)5-11(14,15)16)23-10(20)4-22(21-23)12(17,18)19/h2-4,21H,5,20H2,1H3. The quantitative estimate of drug-likeness (QED) is 0.612. The fraction of sp³-hybridized carbons (Fsp3) is 0.333. The molecule has 1 aliphatic rings. The lowest BCUT2D eigenvalue weighted by molar-refractivity contribution is -0.241. The van der Waals surface area contributed by atoms with Gasteiger partial charge in [0.25, 0.3) is 0 Å². The molecular formula is C12H11F7N4OS. The molecule has 1 heterocycles. The molecule has 2 rings (SSSR count). The van der Waals surface area contributed by atoms with E-state index in [1.54, 1.807) is 5.53 Å². The van der Waals surface area contributed by atoms with Crippen molar-refractivity contribution in [3.63, 3.8) is 0 Å². The fourth-order valence-corrected chi connectivity index (χ4v) is 3.11. The minimum absolute atomic E-state index is 0.0433. The van der Waals surface area contributed by atoms with Gasteiger partial charge in [0.05, 0.1) is 22.7 Å². The molecule has 0 spiro atoms. The Morgan fingerprint density at radius 3 is 2.28 bits per heavy atom. The predicted molar refractivity (Wildman–Crippen MR) is 74.2 cm³/mol. The number of halogens is 7. The third-order valence-corrected chi connectivity index (χ3v) is 4.55. The highest BCUT2D eigenvalue weighted by Gasteiger charge is 2.41. The number of aryl methyl sites for hydroxylation is 1. The van der Waals surface area contributed by atoms with Crippen LogP contribution in [0.3, 0.4) is 0 Å². The number of nitrogens with two attached hydrogens (primary N) is 1. The normalized spacial score (nSPS) is 17.0. The number of anilines is 1. The first-order chi connectivity index (χ1) is 11.3. The largest absolute Gasteiger partial charge is 0.500 e. The molecule has 1 aromatic rings. The SMILES string of the molecule is Cc1cc(F)c(N2NN(C(F)(F)F)C=C2N)cc1S(=O)CC(F)(F)F. The van der Waals surface area contributed by atoms with Crippen LogP contribution in [0.4, 0.5) is 36.4 Å². The van der Waals surface area contributed by atoms with Gasteiger partial charge in [-0.3, -0.25) is 4.21 Å². The zero-order chi connectivity index (χ0) is 19.2. The van der Waals surface area contributed by atoms with Gasteiger partial charge >= 0.3 is 12.5 Å². The molecule has 0 bridgehead atoms. The minimum Gasteiger partial charge on any atom is -0.383 e. The molecule has 0 saturated heterocycles. The van der Waals surface area contributed by atoms with Gasteiger partial charge in [-0.15, -0.1) is 18.7 Å². The second-order valence-electron chi connectivity index (χ2n) is 5.00. The fourth-order valence-electron chi connectivity index (χ4n) is 1.99. The van der Waals surface area contributed by atoms with Gasteiger partial charge < -0.3 is 5.73 Å². The van der Waals surface area contributed by atoms with Crippen LogP contribution >= 0.6 is 0 Å². The van der Waals surface area contributed by atoms with Crippen molar-refractivity contribution in [3.05, 3.63) is 35.5 Å². The van der Waals surface area contributed by atoms with Crippen molar-refractivity contribution in [1.82, 2.24) is 10.5 Å². The number of hydrogen-bond acceptors (Lipinski definition) is 5. The maximum atomic E-state index is 14.1. The molecule has 0 radical (unpaired) electrons. The number of benzene rings is 1. The average molecular weight is 392 g/mol. The summed E-state index contributed by atoms with van der Waals surface area (Å²) in [5, 5.41) is 0.116. The number of hydrogen-bond donors (Lipinski definition) is 2. The first-order valence-corrected chi connectivity index (χ1v) is 7.76. The Hall–Kier alpha value is -2.02. The Morgan fingerprint density at radius 2 is 1.80 bits per heavy atom. The molecule has 1 aromatic carbocycles. The van der Waals surface area contributed by atoms with Crippen LogP contribution in [0.1, 0.15) is 5.56 Å². The molecule has 140 valence electrons. The number of hydrazine groups is 2. The van der Waals surface area contributed by atoms with E-state index in [1.807, 2.05) is 0 Å². The van der Waals surface area contributed by atoms with Crippen molar-refractivity contribution in [2.24, 2.45) is 5.73 Å². The van der Waals surface area contributed by atoms with Crippen LogP contribution in [-0.2, 0) is 10.8 Å². The van der Waals surface area contributed by atoms with E-state index in [2.05, 4.69) is 0 Å². The van der Waals surface area contributed by atoms with E-state index in [-0.39, 0.29) is 15.5 Å². The molecule has 0 aromatic heterocycles. The van der Waals surface area contributed by atoms with Crippen LogP contribution in [0.15, 0.2) is 29.0 Å². The molecule has 3 N–H and O–H groups in total. The second-order valence-corrected chi connectivity index (χ2v) is 6.42. The first-order valence-electron chi connectivity index (χ1n) is 6.44. The van der Waals surface area contributed by atoms with Gasteiger partial charge in [0, 0.05) is 4.90 Å². The molecular weight excluding hydrogens is 381 g/mol. The summed E-state index contributed by atoms with van der Waals surface area (Å²) in [7, 11) is -2.56. The molecule has 0 amide bonds. The van der Waals surface area contributed by atoms with Gasteiger partial charge in [-0.2, -0.15) is 13.2 Å². The maximum Gasteiger partial charge on any atom is 0.500 e. The number of alkyl halides is 6. The number of nitrogens with zero attached hydrogens (tertiary/aromatic N) is 2. The summed E-state index contributed by atoms with van der Waals surface area (Å²) in [6, 6.07) is 1.53. The molecule has 0 fully saturated rings. The van der Waals surface area contributed by atoms with Gasteiger partial charge in [-0.05, 0) is 24.6 Å². The zero-order valence-corrected chi connectivity index (χ0v) is 13.2. The van der Waals surface area contributed by atoms with Gasteiger partial charge in [0.1, 0.15) is 17.4 Å². The maximum absolute atomic E-state index is 14.1. The van der Waals surface area contributed by atoms with Gasteiger partial charge in [0.2, 0.25) is 0 Å². The highest BCUT2D eigenvalue weighted by molar-refractivity contribution is 7.85. The smallest absolute Gasteiger partial charge is 0.383 e. The predicted octanol–water partition coefficient (Wildman–Crippen LogP) is 2.62. The van der Waals surface area contributed by atoms with Crippen LogP contribution in [0, 0.1) is 12.7 Å². The highest BCUT2D eigenvalue weighted by atomic mass is 32.2. The van der Waals surface area contributed by atoms with Crippen LogP contribution in [0.5, 0.6) is 0 Å². The van der Waals surface area contributed by atoms with E-state index in [4.69, 9.17) is 5.73 Å². The lowest BCUT2D eigenvalue weighted by Crippen LogP contribution is -2.48. The third-order valence-electron chi connectivity index (χ3n) is 3.03. The molecule has 1 atom stereocenters. The molecule has 0 saturated carbocycles. The summed E-state index contributed by atoms with van der Waals surface area (Å²) >= 11 is 0. The van der Waals surface area contributed by atoms with Crippen LogP contribution < -0.4 is 16.3 Å². The Kier molecular flexibility index (Phi) is 4.92. The summed E-state index contributed by atoms with van der Waals surface area (Å²) in [6.07, 6.45) is -9.18. The monoisotopic (exact) mass is 392 g/mol. The van der Waals surface area contributed by atoms with Crippen LogP contribution in [0.25, 0.3) is 0 Å². The van der Waals surface area contributed by atoms with Crippen molar-refractivity contribution in [2.45, 2.75) is 24.3 Å². The lowest BCUT2D eigenvalue weighted by Gasteiger charge is -2.25. The Labute approximate surface area is 139 Å². The van der Waals surface area contributed by atoms with Crippen molar-refractivity contribution in [3.8, 4) is 0 Å². The Balaban J connectivity index is 2.39. The molecule has 1 aliphatic heterocycles. The van der Waals surface area contributed by atoms with Crippen molar-refractivity contribution in [2.75, 3.05) is 10.8 Å². The topological polar surface area (TPSA) is 61.6 Å². The number of nitrogens with one attached hydrogen (secondary N) is 1. The number of rotatable bonds is 3. The van der Waals surface area contributed by atoms with Gasteiger partial charge in [-0.1, -0.05) is 0 Å². The molecule has 13 heteroatoms. The molecule has 5 nitrogen and oxygen atoms in total. The zero-order valence-electron chi connectivity index (χ0n) is 12.4. The van der Waals surface area contributed by atoms with Crippen LogP contribution in [-0.4, -0.2) is 27.4 Å². The summed E-state index contributed by atoms with van der Waals surface area (Å²) in [6.45, 7) is 1.23. The Bertz CT molecular complexity index is 731.